The SMILES string of the molecule is C(=C\c1ccccc1)/CN1CCC(n2cc(C3CCCC3)nn2)CC1. The molecule has 0 radical (unpaired) electrons. The minimum absolute atomic E-state index is 0.525. The van der Waals surface area contributed by atoms with Crippen molar-refractivity contribution < 1.29 is 0 Å². The van der Waals surface area contributed by atoms with Gasteiger partial charge in [-0.2, -0.15) is 0 Å². The highest BCUT2D eigenvalue weighted by Gasteiger charge is 2.24. The highest BCUT2D eigenvalue weighted by atomic mass is 15.4. The Morgan fingerprint density at radius 1 is 1.00 bits per heavy atom. The summed E-state index contributed by atoms with van der Waals surface area (Å²) in [6.07, 6.45) is 14.4. The fraction of sp³-hybridized carbons (Fsp3) is 0.524. The van der Waals surface area contributed by atoms with Crippen molar-refractivity contribution in [3.63, 3.8) is 0 Å². The van der Waals surface area contributed by atoms with Gasteiger partial charge in [0.1, 0.15) is 0 Å². The lowest BCUT2D eigenvalue weighted by Crippen LogP contribution is -2.34. The second kappa shape index (κ2) is 7.96. The van der Waals surface area contributed by atoms with Crippen LogP contribution in [0.15, 0.2) is 42.6 Å². The molecule has 1 aromatic carbocycles. The maximum absolute atomic E-state index is 4.46. The van der Waals surface area contributed by atoms with E-state index in [0.717, 1.165) is 19.6 Å². The van der Waals surface area contributed by atoms with Crippen LogP contribution < -0.4 is 0 Å². The van der Waals surface area contributed by atoms with Crippen LogP contribution in [0, 0.1) is 0 Å². The first-order valence-electron chi connectivity index (χ1n) is 9.74. The van der Waals surface area contributed by atoms with Gasteiger partial charge < -0.3 is 0 Å². The molecule has 2 fully saturated rings. The molecule has 1 aliphatic heterocycles. The molecule has 2 aliphatic rings. The molecule has 132 valence electrons. The fourth-order valence-corrected chi connectivity index (χ4v) is 4.15. The van der Waals surface area contributed by atoms with E-state index in [0.29, 0.717) is 12.0 Å². The van der Waals surface area contributed by atoms with Crippen molar-refractivity contribution in [3.05, 3.63) is 53.9 Å². The molecule has 4 heteroatoms. The van der Waals surface area contributed by atoms with Gasteiger partial charge >= 0.3 is 0 Å². The van der Waals surface area contributed by atoms with E-state index in [4.69, 9.17) is 0 Å². The van der Waals surface area contributed by atoms with Crippen LogP contribution >= 0.6 is 0 Å². The van der Waals surface area contributed by atoms with E-state index >= 15 is 0 Å². The molecule has 1 saturated heterocycles. The Morgan fingerprint density at radius 2 is 1.76 bits per heavy atom. The Morgan fingerprint density at radius 3 is 2.52 bits per heavy atom. The van der Waals surface area contributed by atoms with Gasteiger partial charge in [0.05, 0.1) is 11.7 Å². The third-order valence-electron chi connectivity index (χ3n) is 5.71. The van der Waals surface area contributed by atoms with E-state index in [1.165, 1.54) is 49.8 Å². The average Bonchev–Trinajstić information content (AvgIpc) is 3.35. The molecule has 1 aromatic heterocycles. The quantitative estimate of drug-likeness (QED) is 0.817. The molecule has 0 spiro atoms. The molecular formula is C21H28N4. The summed E-state index contributed by atoms with van der Waals surface area (Å²) in [5.74, 6) is 0.664. The zero-order chi connectivity index (χ0) is 16.9. The predicted molar refractivity (Wildman–Crippen MR) is 101 cm³/mol. The van der Waals surface area contributed by atoms with Crippen LogP contribution in [0.4, 0.5) is 0 Å². The third kappa shape index (κ3) is 4.18. The van der Waals surface area contributed by atoms with Gasteiger partial charge in [-0.3, -0.25) is 4.90 Å². The monoisotopic (exact) mass is 336 g/mol. The summed E-state index contributed by atoms with van der Waals surface area (Å²) in [5, 5.41) is 8.91. The zero-order valence-corrected chi connectivity index (χ0v) is 14.9. The van der Waals surface area contributed by atoms with Crippen LogP contribution in [-0.4, -0.2) is 39.5 Å². The number of hydrogen-bond acceptors (Lipinski definition) is 3. The number of piperidine rings is 1. The second-order valence-corrected chi connectivity index (χ2v) is 7.45. The van der Waals surface area contributed by atoms with Crippen molar-refractivity contribution in [2.45, 2.75) is 50.5 Å². The normalized spacial score (nSPS) is 20.6. The van der Waals surface area contributed by atoms with Crippen molar-refractivity contribution in [1.82, 2.24) is 19.9 Å². The van der Waals surface area contributed by atoms with Gasteiger partial charge in [0.25, 0.3) is 0 Å². The molecular weight excluding hydrogens is 308 g/mol. The van der Waals surface area contributed by atoms with Gasteiger partial charge in [0, 0.05) is 31.7 Å². The Bertz CT molecular complexity index is 677. The average molecular weight is 336 g/mol. The zero-order valence-electron chi connectivity index (χ0n) is 14.9. The number of aromatic nitrogens is 3. The first kappa shape index (κ1) is 16.5. The summed E-state index contributed by atoms with van der Waals surface area (Å²) >= 11 is 0. The molecule has 0 amide bonds. The van der Waals surface area contributed by atoms with Crippen LogP contribution in [0.1, 0.15) is 61.7 Å². The Hall–Kier alpha value is -1.94. The van der Waals surface area contributed by atoms with E-state index in [9.17, 15) is 0 Å². The standard InChI is InChI=1S/C21H28N4/c1-2-7-18(8-3-1)9-6-14-24-15-12-20(13-16-24)25-17-21(22-23-25)19-10-4-5-11-19/h1-3,6-9,17,19-20H,4-5,10-16H2/b9-6+. The highest BCUT2D eigenvalue weighted by Crippen LogP contribution is 2.33. The van der Waals surface area contributed by atoms with Crippen molar-refractivity contribution >= 4 is 6.08 Å². The van der Waals surface area contributed by atoms with Gasteiger partial charge in [-0.05, 0) is 31.2 Å². The molecule has 1 saturated carbocycles. The van der Waals surface area contributed by atoms with Gasteiger partial charge in [-0.25, -0.2) is 4.68 Å². The first-order chi connectivity index (χ1) is 12.4. The molecule has 0 N–H and O–H groups in total. The summed E-state index contributed by atoms with van der Waals surface area (Å²) in [5.41, 5.74) is 2.50. The van der Waals surface area contributed by atoms with E-state index < -0.39 is 0 Å². The van der Waals surface area contributed by atoms with Crippen molar-refractivity contribution in [3.8, 4) is 0 Å². The smallest absolute Gasteiger partial charge is 0.0858 e. The third-order valence-corrected chi connectivity index (χ3v) is 5.71. The second-order valence-electron chi connectivity index (χ2n) is 7.45. The molecule has 2 heterocycles. The summed E-state index contributed by atoms with van der Waals surface area (Å²) in [4.78, 5) is 2.53. The lowest BCUT2D eigenvalue weighted by atomic mass is 10.0. The van der Waals surface area contributed by atoms with Crippen molar-refractivity contribution in [1.29, 1.82) is 0 Å². The molecule has 25 heavy (non-hydrogen) atoms. The van der Waals surface area contributed by atoms with Crippen LogP contribution in [0.25, 0.3) is 6.08 Å². The van der Waals surface area contributed by atoms with Crippen molar-refractivity contribution in [2.24, 2.45) is 0 Å². The lowest BCUT2D eigenvalue weighted by Gasteiger charge is -2.30. The number of nitrogens with zero attached hydrogens (tertiary/aromatic N) is 4. The van der Waals surface area contributed by atoms with Crippen LogP contribution in [0.3, 0.4) is 0 Å². The predicted octanol–water partition coefficient (Wildman–Crippen LogP) is 4.29. The maximum Gasteiger partial charge on any atom is 0.0858 e. The topological polar surface area (TPSA) is 34.0 Å². The van der Waals surface area contributed by atoms with Gasteiger partial charge in [0.15, 0.2) is 0 Å². The number of benzene rings is 1. The Kier molecular flexibility index (Phi) is 5.26. The minimum atomic E-state index is 0.525. The number of hydrogen-bond donors (Lipinski definition) is 0. The van der Waals surface area contributed by atoms with Crippen LogP contribution in [0.2, 0.25) is 0 Å². The van der Waals surface area contributed by atoms with Crippen LogP contribution in [-0.2, 0) is 0 Å². The summed E-state index contributed by atoms with van der Waals surface area (Å²) < 4.78 is 2.14. The van der Waals surface area contributed by atoms with E-state index in [1.807, 2.05) is 0 Å². The fourth-order valence-electron chi connectivity index (χ4n) is 4.15. The first-order valence-corrected chi connectivity index (χ1v) is 9.74. The molecule has 4 rings (SSSR count). The van der Waals surface area contributed by atoms with Gasteiger partial charge in [-0.15, -0.1) is 5.10 Å². The Labute approximate surface area is 150 Å². The lowest BCUT2D eigenvalue weighted by molar-refractivity contribution is 0.194. The molecule has 1 aliphatic carbocycles. The highest BCUT2D eigenvalue weighted by molar-refractivity contribution is 5.48. The molecule has 4 nitrogen and oxygen atoms in total. The van der Waals surface area contributed by atoms with E-state index in [2.05, 4.69) is 68.6 Å². The van der Waals surface area contributed by atoms with Crippen molar-refractivity contribution in [2.75, 3.05) is 19.6 Å². The number of rotatable bonds is 5. The van der Waals surface area contributed by atoms with Gasteiger partial charge in [-0.1, -0.05) is 60.5 Å². The largest absolute Gasteiger partial charge is 0.300 e. The minimum Gasteiger partial charge on any atom is -0.300 e. The van der Waals surface area contributed by atoms with E-state index in [-0.39, 0.29) is 0 Å². The summed E-state index contributed by atoms with van der Waals surface area (Å²) in [7, 11) is 0. The van der Waals surface area contributed by atoms with Gasteiger partial charge in [0.2, 0.25) is 0 Å². The molecule has 2 aromatic rings. The van der Waals surface area contributed by atoms with Crippen LogP contribution in [0.5, 0.6) is 0 Å². The molecule has 0 bridgehead atoms. The molecule has 0 unspecified atom stereocenters. The number of likely N-dealkylation sites (tertiary alicyclic amines) is 1. The molecule has 0 atom stereocenters. The maximum atomic E-state index is 4.46. The Balaban J connectivity index is 1.26. The summed E-state index contributed by atoms with van der Waals surface area (Å²) in [6, 6.07) is 11.1. The van der Waals surface area contributed by atoms with E-state index in [1.54, 1.807) is 0 Å². The summed E-state index contributed by atoms with van der Waals surface area (Å²) in [6.45, 7) is 3.32.